The molecule has 0 spiro atoms. The molecule has 1 saturated heterocycles. The summed E-state index contributed by atoms with van der Waals surface area (Å²) in [5.74, 6) is -0.0615. The lowest BCUT2D eigenvalue weighted by Crippen LogP contribution is -2.62. The lowest BCUT2D eigenvalue weighted by molar-refractivity contribution is 0.104. The molecule has 29 heavy (non-hydrogen) atoms. The number of anilines is 1. The van der Waals surface area contributed by atoms with Crippen molar-refractivity contribution in [2.75, 3.05) is 12.3 Å². The number of nitrogens with zero attached hydrogens (tertiary/aromatic N) is 4. The van der Waals surface area contributed by atoms with Crippen LogP contribution < -0.4 is 11.1 Å². The predicted molar refractivity (Wildman–Crippen MR) is 113 cm³/mol. The topological polar surface area (TPSA) is 79.4 Å². The van der Waals surface area contributed by atoms with Gasteiger partial charge in [0, 0.05) is 23.3 Å². The van der Waals surface area contributed by atoms with Gasteiger partial charge in [-0.3, -0.25) is 4.99 Å². The average Bonchev–Trinajstić information content (AvgIpc) is 3.06. The molecule has 1 atom stereocenters. The van der Waals surface area contributed by atoms with Crippen molar-refractivity contribution < 1.29 is 4.39 Å². The fourth-order valence-corrected chi connectivity index (χ4v) is 5.04. The van der Waals surface area contributed by atoms with Crippen molar-refractivity contribution in [2.45, 2.75) is 63.2 Å². The van der Waals surface area contributed by atoms with Gasteiger partial charge < -0.3 is 16.0 Å². The highest BCUT2D eigenvalue weighted by molar-refractivity contribution is 5.63. The maximum absolute atomic E-state index is 13.6. The van der Waals surface area contributed by atoms with Crippen molar-refractivity contribution in [3.63, 3.8) is 0 Å². The molecule has 3 heterocycles. The summed E-state index contributed by atoms with van der Waals surface area (Å²) in [7, 11) is 0. The first kappa shape index (κ1) is 19.8. The van der Waals surface area contributed by atoms with E-state index in [9.17, 15) is 4.39 Å². The number of hydrogen-bond donors (Lipinski definition) is 2. The Kier molecular flexibility index (Phi) is 4.61. The molecule has 7 heteroatoms. The fraction of sp³-hybridized carbons (Fsp3) is 0.500. The summed E-state index contributed by atoms with van der Waals surface area (Å²) in [6.07, 6.45) is 5.60. The summed E-state index contributed by atoms with van der Waals surface area (Å²) in [6.45, 7) is 9.60. The van der Waals surface area contributed by atoms with Gasteiger partial charge in [0.05, 0.1) is 18.6 Å². The van der Waals surface area contributed by atoms with E-state index in [1.165, 1.54) is 12.1 Å². The Morgan fingerprint density at radius 2 is 1.72 bits per heavy atom. The first-order chi connectivity index (χ1) is 13.6. The molecule has 2 aliphatic heterocycles. The molecule has 4 rings (SSSR count). The molecule has 1 aromatic carbocycles. The first-order valence-electron chi connectivity index (χ1n) is 10.0. The summed E-state index contributed by atoms with van der Waals surface area (Å²) in [6, 6.07) is 8.69. The van der Waals surface area contributed by atoms with Gasteiger partial charge in [0.15, 0.2) is 0 Å². The molecule has 0 aliphatic carbocycles. The Labute approximate surface area is 171 Å². The molecule has 0 radical (unpaired) electrons. The van der Waals surface area contributed by atoms with Crippen LogP contribution in [-0.2, 0) is 5.54 Å². The highest BCUT2D eigenvalue weighted by Gasteiger charge is 2.46. The molecule has 0 amide bonds. The largest absolute Gasteiger partial charge is 0.368 e. The van der Waals surface area contributed by atoms with Gasteiger partial charge in [0.1, 0.15) is 11.4 Å². The predicted octanol–water partition coefficient (Wildman–Crippen LogP) is 3.09. The molecular formula is C22H29FN6. The number of nitrogen functional groups attached to an aromatic ring is 1. The number of aromatic nitrogens is 2. The third-order valence-electron chi connectivity index (χ3n) is 5.90. The second kappa shape index (κ2) is 6.76. The number of halogens is 1. The van der Waals surface area contributed by atoms with Crippen LogP contribution in [0.25, 0.3) is 0 Å². The Balaban J connectivity index is 1.71. The van der Waals surface area contributed by atoms with E-state index in [1.807, 2.05) is 12.4 Å². The molecule has 1 fully saturated rings. The average molecular weight is 397 g/mol. The SMILES string of the molecule is CC1(C)CC(N2C=NC(c3ccc(F)cc3)(c3ccnc(N)n3)C2)CC(C)(C)N1. The van der Waals surface area contributed by atoms with Gasteiger partial charge >= 0.3 is 0 Å². The van der Waals surface area contributed by atoms with E-state index in [-0.39, 0.29) is 22.8 Å². The Bertz CT molecular complexity index is 907. The Morgan fingerprint density at radius 3 is 2.34 bits per heavy atom. The molecule has 3 N–H and O–H groups in total. The number of aliphatic imine (C=N–C) groups is 1. The summed E-state index contributed by atoms with van der Waals surface area (Å²) in [5, 5.41) is 3.73. The van der Waals surface area contributed by atoms with Crippen LogP contribution in [0.5, 0.6) is 0 Å². The van der Waals surface area contributed by atoms with E-state index < -0.39 is 5.54 Å². The van der Waals surface area contributed by atoms with Crippen LogP contribution in [0, 0.1) is 5.82 Å². The zero-order valence-corrected chi connectivity index (χ0v) is 17.5. The number of hydrogen-bond acceptors (Lipinski definition) is 6. The van der Waals surface area contributed by atoms with Crippen molar-refractivity contribution in [1.29, 1.82) is 0 Å². The van der Waals surface area contributed by atoms with Crippen LogP contribution in [0.15, 0.2) is 41.5 Å². The van der Waals surface area contributed by atoms with E-state index >= 15 is 0 Å². The van der Waals surface area contributed by atoms with Gasteiger partial charge in [-0.15, -0.1) is 0 Å². The second-order valence-corrected chi connectivity index (χ2v) is 9.54. The number of benzene rings is 1. The molecule has 2 aromatic rings. The first-order valence-corrected chi connectivity index (χ1v) is 10.0. The fourth-order valence-electron chi connectivity index (χ4n) is 5.04. The van der Waals surface area contributed by atoms with E-state index in [1.54, 1.807) is 18.3 Å². The highest BCUT2D eigenvalue weighted by atomic mass is 19.1. The van der Waals surface area contributed by atoms with Crippen LogP contribution in [0.3, 0.4) is 0 Å². The van der Waals surface area contributed by atoms with Crippen molar-refractivity contribution >= 4 is 12.3 Å². The third-order valence-corrected chi connectivity index (χ3v) is 5.90. The zero-order valence-electron chi connectivity index (χ0n) is 17.5. The molecular weight excluding hydrogens is 367 g/mol. The number of rotatable bonds is 3. The quantitative estimate of drug-likeness (QED) is 0.833. The number of piperidine rings is 1. The third kappa shape index (κ3) is 3.83. The summed E-state index contributed by atoms with van der Waals surface area (Å²) in [4.78, 5) is 15.8. The maximum Gasteiger partial charge on any atom is 0.220 e. The molecule has 1 unspecified atom stereocenters. The number of nitrogens with two attached hydrogens (primary N) is 1. The normalized spacial score (nSPS) is 26.0. The van der Waals surface area contributed by atoms with Crippen molar-refractivity contribution in [2.24, 2.45) is 4.99 Å². The van der Waals surface area contributed by atoms with Crippen LogP contribution in [0.1, 0.15) is 51.8 Å². The second-order valence-electron chi connectivity index (χ2n) is 9.54. The van der Waals surface area contributed by atoms with Crippen LogP contribution >= 0.6 is 0 Å². The minimum absolute atomic E-state index is 0.0285. The minimum atomic E-state index is -0.732. The van der Waals surface area contributed by atoms with Gasteiger partial charge in [-0.05, 0) is 64.3 Å². The van der Waals surface area contributed by atoms with Crippen molar-refractivity contribution in [1.82, 2.24) is 20.2 Å². The summed E-state index contributed by atoms with van der Waals surface area (Å²) >= 11 is 0. The lowest BCUT2D eigenvalue weighted by atomic mass is 9.78. The van der Waals surface area contributed by atoms with E-state index in [2.05, 4.69) is 47.9 Å². The zero-order chi connectivity index (χ0) is 20.9. The highest BCUT2D eigenvalue weighted by Crippen LogP contribution is 2.40. The van der Waals surface area contributed by atoms with E-state index in [4.69, 9.17) is 10.7 Å². The van der Waals surface area contributed by atoms with Crippen LogP contribution in [-0.4, -0.2) is 44.9 Å². The monoisotopic (exact) mass is 396 g/mol. The van der Waals surface area contributed by atoms with Crippen molar-refractivity contribution in [3.8, 4) is 0 Å². The maximum atomic E-state index is 13.6. The molecule has 0 saturated carbocycles. The van der Waals surface area contributed by atoms with Gasteiger partial charge in [0.2, 0.25) is 5.95 Å². The summed E-state index contributed by atoms with van der Waals surface area (Å²) in [5.41, 5.74) is 6.82. The number of nitrogens with one attached hydrogen (secondary N) is 1. The molecule has 1 aromatic heterocycles. The van der Waals surface area contributed by atoms with Crippen LogP contribution in [0.4, 0.5) is 10.3 Å². The molecule has 6 nitrogen and oxygen atoms in total. The Morgan fingerprint density at radius 1 is 1.07 bits per heavy atom. The van der Waals surface area contributed by atoms with Gasteiger partial charge in [-0.1, -0.05) is 12.1 Å². The Hall–Kier alpha value is -2.54. The molecule has 0 bridgehead atoms. The van der Waals surface area contributed by atoms with Crippen molar-refractivity contribution in [3.05, 3.63) is 53.6 Å². The minimum Gasteiger partial charge on any atom is -0.368 e. The van der Waals surface area contributed by atoms with Crippen LogP contribution in [0.2, 0.25) is 0 Å². The molecule has 2 aliphatic rings. The van der Waals surface area contributed by atoms with Gasteiger partial charge in [-0.2, -0.15) is 0 Å². The standard InChI is InChI=1S/C22H29FN6/c1-20(2)11-17(12-21(3,4)28-20)29-13-22(26-14-29,15-5-7-16(23)8-6-15)18-9-10-25-19(24)27-18/h5-10,14,17,28H,11-13H2,1-4H3,(H2,24,25,27). The van der Waals surface area contributed by atoms with E-state index in [0.717, 1.165) is 24.1 Å². The van der Waals surface area contributed by atoms with Gasteiger partial charge in [0.25, 0.3) is 0 Å². The smallest absolute Gasteiger partial charge is 0.220 e. The summed E-state index contributed by atoms with van der Waals surface area (Å²) < 4.78 is 13.6. The van der Waals surface area contributed by atoms with Gasteiger partial charge in [-0.25, -0.2) is 14.4 Å². The molecule has 154 valence electrons. The van der Waals surface area contributed by atoms with E-state index in [0.29, 0.717) is 12.6 Å². The lowest BCUT2D eigenvalue weighted by Gasteiger charge is -2.49.